The standard InChI is InChI=1S/C15H21NOS/c1-17-13-6-8-16(9-7-13)11-14-10-12-4-2-3-5-15(12)18-14/h2-5,13-14H,6-11H2,1H3. The van der Waals surface area contributed by atoms with Crippen molar-refractivity contribution in [2.45, 2.75) is 35.5 Å². The molecule has 0 saturated carbocycles. The third kappa shape index (κ3) is 2.73. The van der Waals surface area contributed by atoms with E-state index < -0.39 is 0 Å². The molecule has 0 bridgehead atoms. The lowest BCUT2D eigenvalue weighted by molar-refractivity contribution is 0.0414. The molecule has 2 heterocycles. The summed E-state index contributed by atoms with van der Waals surface area (Å²) in [7, 11) is 1.84. The second-order valence-corrected chi connectivity index (χ2v) is 6.63. The molecule has 2 aliphatic rings. The maximum atomic E-state index is 5.43. The topological polar surface area (TPSA) is 12.5 Å². The highest BCUT2D eigenvalue weighted by molar-refractivity contribution is 8.00. The molecule has 3 rings (SSSR count). The van der Waals surface area contributed by atoms with Crippen LogP contribution in [0.3, 0.4) is 0 Å². The molecule has 0 N–H and O–H groups in total. The zero-order chi connectivity index (χ0) is 12.4. The van der Waals surface area contributed by atoms with Crippen molar-refractivity contribution in [3.05, 3.63) is 29.8 Å². The van der Waals surface area contributed by atoms with Crippen LogP contribution in [0.4, 0.5) is 0 Å². The van der Waals surface area contributed by atoms with Gasteiger partial charge < -0.3 is 9.64 Å². The van der Waals surface area contributed by atoms with Crippen molar-refractivity contribution in [3.63, 3.8) is 0 Å². The molecule has 0 aliphatic carbocycles. The van der Waals surface area contributed by atoms with Crippen molar-refractivity contribution in [3.8, 4) is 0 Å². The summed E-state index contributed by atoms with van der Waals surface area (Å²) in [5.74, 6) is 0. The van der Waals surface area contributed by atoms with Gasteiger partial charge in [-0.1, -0.05) is 18.2 Å². The highest BCUT2D eigenvalue weighted by Gasteiger charge is 2.26. The Bertz CT molecular complexity index is 376. The third-order valence-electron chi connectivity index (χ3n) is 4.04. The van der Waals surface area contributed by atoms with E-state index in [0.29, 0.717) is 6.10 Å². The second kappa shape index (κ2) is 5.64. The molecule has 98 valence electrons. The van der Waals surface area contributed by atoms with E-state index in [4.69, 9.17) is 4.74 Å². The Morgan fingerprint density at radius 2 is 2.06 bits per heavy atom. The number of thioether (sulfide) groups is 1. The molecule has 1 atom stereocenters. The number of benzene rings is 1. The van der Waals surface area contributed by atoms with Gasteiger partial charge in [-0.3, -0.25) is 0 Å². The molecule has 0 spiro atoms. The van der Waals surface area contributed by atoms with Gasteiger partial charge in [0.15, 0.2) is 0 Å². The fraction of sp³-hybridized carbons (Fsp3) is 0.600. The quantitative estimate of drug-likeness (QED) is 0.832. The summed E-state index contributed by atoms with van der Waals surface area (Å²) < 4.78 is 5.43. The summed E-state index contributed by atoms with van der Waals surface area (Å²) in [5.41, 5.74) is 1.54. The van der Waals surface area contributed by atoms with Gasteiger partial charge in [0.1, 0.15) is 0 Å². The number of likely N-dealkylation sites (tertiary alicyclic amines) is 1. The van der Waals surface area contributed by atoms with Gasteiger partial charge in [0.05, 0.1) is 6.10 Å². The van der Waals surface area contributed by atoms with E-state index in [-0.39, 0.29) is 0 Å². The van der Waals surface area contributed by atoms with Crippen molar-refractivity contribution in [1.29, 1.82) is 0 Å². The average Bonchev–Trinajstić information content (AvgIpc) is 2.82. The van der Waals surface area contributed by atoms with E-state index in [0.717, 1.165) is 5.25 Å². The van der Waals surface area contributed by atoms with E-state index in [1.165, 1.54) is 43.8 Å². The number of piperidine rings is 1. The van der Waals surface area contributed by atoms with Crippen molar-refractivity contribution in [2.75, 3.05) is 26.7 Å². The first-order chi connectivity index (χ1) is 8.85. The van der Waals surface area contributed by atoms with E-state index in [2.05, 4.69) is 40.9 Å². The van der Waals surface area contributed by atoms with Gasteiger partial charge in [-0.15, -0.1) is 11.8 Å². The number of methoxy groups -OCH3 is 1. The summed E-state index contributed by atoms with van der Waals surface area (Å²) in [6.07, 6.45) is 4.13. The first-order valence-electron chi connectivity index (χ1n) is 6.85. The molecule has 1 aromatic rings. The van der Waals surface area contributed by atoms with Crippen molar-refractivity contribution in [2.24, 2.45) is 0 Å². The molecule has 2 aliphatic heterocycles. The lowest BCUT2D eigenvalue weighted by atomic mass is 10.1. The number of hydrogen-bond donors (Lipinski definition) is 0. The molecule has 1 saturated heterocycles. The predicted molar refractivity (Wildman–Crippen MR) is 76.3 cm³/mol. The number of rotatable bonds is 3. The molecule has 0 aromatic heterocycles. The number of nitrogens with zero attached hydrogens (tertiary/aromatic N) is 1. The van der Waals surface area contributed by atoms with Crippen LogP contribution in [0.5, 0.6) is 0 Å². The minimum atomic E-state index is 0.495. The molecule has 18 heavy (non-hydrogen) atoms. The summed E-state index contributed by atoms with van der Waals surface area (Å²) >= 11 is 2.06. The van der Waals surface area contributed by atoms with Crippen LogP contribution in [0.2, 0.25) is 0 Å². The van der Waals surface area contributed by atoms with Crippen LogP contribution < -0.4 is 0 Å². The molecule has 1 fully saturated rings. The van der Waals surface area contributed by atoms with Gasteiger partial charge in [-0.2, -0.15) is 0 Å². The van der Waals surface area contributed by atoms with Gasteiger partial charge in [-0.05, 0) is 30.9 Å². The maximum absolute atomic E-state index is 5.43. The van der Waals surface area contributed by atoms with E-state index in [1.54, 1.807) is 5.56 Å². The molecule has 0 amide bonds. The fourth-order valence-electron chi connectivity index (χ4n) is 2.97. The van der Waals surface area contributed by atoms with Crippen LogP contribution in [0.1, 0.15) is 18.4 Å². The molecule has 3 heteroatoms. The Morgan fingerprint density at radius 3 is 2.78 bits per heavy atom. The first kappa shape index (κ1) is 12.5. The van der Waals surface area contributed by atoms with E-state index in [1.807, 2.05) is 7.11 Å². The SMILES string of the molecule is COC1CCN(CC2Cc3ccccc3S2)CC1. The lowest BCUT2D eigenvalue weighted by Gasteiger charge is -2.32. The minimum Gasteiger partial charge on any atom is -0.381 e. The Morgan fingerprint density at radius 1 is 1.28 bits per heavy atom. The van der Waals surface area contributed by atoms with Crippen molar-refractivity contribution < 1.29 is 4.74 Å². The lowest BCUT2D eigenvalue weighted by Crippen LogP contribution is -2.40. The molecule has 1 aromatic carbocycles. The average molecular weight is 263 g/mol. The zero-order valence-corrected chi connectivity index (χ0v) is 11.8. The van der Waals surface area contributed by atoms with Gasteiger partial charge >= 0.3 is 0 Å². The van der Waals surface area contributed by atoms with Crippen molar-refractivity contribution in [1.82, 2.24) is 4.90 Å². The second-order valence-electron chi connectivity index (χ2n) is 5.29. The van der Waals surface area contributed by atoms with E-state index in [9.17, 15) is 0 Å². The number of ether oxygens (including phenoxy) is 1. The van der Waals surface area contributed by atoms with Crippen LogP contribution in [0.15, 0.2) is 29.2 Å². The fourth-order valence-corrected chi connectivity index (χ4v) is 4.34. The predicted octanol–water partition coefficient (Wildman–Crippen LogP) is 2.81. The monoisotopic (exact) mass is 263 g/mol. The van der Waals surface area contributed by atoms with Crippen LogP contribution in [-0.4, -0.2) is 43.0 Å². The Balaban J connectivity index is 1.51. The smallest absolute Gasteiger partial charge is 0.0595 e. The highest BCUT2D eigenvalue weighted by Crippen LogP contribution is 2.37. The Hall–Kier alpha value is -0.510. The molecule has 2 nitrogen and oxygen atoms in total. The third-order valence-corrected chi connectivity index (χ3v) is 5.34. The number of fused-ring (bicyclic) bond motifs is 1. The van der Waals surface area contributed by atoms with E-state index >= 15 is 0 Å². The summed E-state index contributed by atoms with van der Waals surface area (Å²) in [6.45, 7) is 3.63. The Kier molecular flexibility index (Phi) is 3.92. The van der Waals surface area contributed by atoms with Crippen molar-refractivity contribution >= 4 is 11.8 Å². The zero-order valence-electron chi connectivity index (χ0n) is 11.0. The van der Waals surface area contributed by atoms with Crippen LogP contribution in [0, 0.1) is 0 Å². The summed E-state index contributed by atoms with van der Waals surface area (Å²) in [5, 5.41) is 0.751. The first-order valence-corrected chi connectivity index (χ1v) is 7.73. The van der Waals surface area contributed by atoms with Crippen LogP contribution >= 0.6 is 11.8 Å². The molecular formula is C15H21NOS. The van der Waals surface area contributed by atoms with Crippen LogP contribution in [-0.2, 0) is 11.2 Å². The highest BCUT2D eigenvalue weighted by atomic mass is 32.2. The number of hydrogen-bond acceptors (Lipinski definition) is 3. The summed E-state index contributed by atoms with van der Waals surface area (Å²) in [4.78, 5) is 4.10. The van der Waals surface area contributed by atoms with Gasteiger partial charge in [0.25, 0.3) is 0 Å². The summed E-state index contributed by atoms with van der Waals surface area (Å²) in [6, 6.07) is 8.85. The largest absolute Gasteiger partial charge is 0.381 e. The van der Waals surface area contributed by atoms with Crippen LogP contribution in [0.25, 0.3) is 0 Å². The van der Waals surface area contributed by atoms with Gasteiger partial charge in [0, 0.05) is 36.9 Å². The van der Waals surface area contributed by atoms with Gasteiger partial charge in [-0.25, -0.2) is 0 Å². The minimum absolute atomic E-state index is 0.495. The maximum Gasteiger partial charge on any atom is 0.0595 e. The normalized spacial score (nSPS) is 25.3. The molecule has 1 unspecified atom stereocenters. The Labute approximate surface area is 114 Å². The van der Waals surface area contributed by atoms with Gasteiger partial charge in [0.2, 0.25) is 0 Å². The molecule has 0 radical (unpaired) electrons. The molecular weight excluding hydrogens is 242 g/mol.